The molecule has 0 bridgehead atoms. The van der Waals surface area contributed by atoms with Crippen molar-refractivity contribution in [2.75, 3.05) is 0 Å². The number of hydrogen-bond acceptors (Lipinski definition) is 7. The van der Waals surface area contributed by atoms with E-state index in [1.807, 2.05) is 47.0 Å². The number of halogens is 1. The second kappa shape index (κ2) is 7.03. The molecule has 0 spiro atoms. The number of thiophene rings is 1. The largest absolute Gasteiger partial charge is 0.332 e. The molecule has 0 aliphatic rings. The average molecular weight is 458 g/mol. The van der Waals surface area contributed by atoms with Crippen LogP contribution in [0.4, 0.5) is 0 Å². The summed E-state index contributed by atoms with van der Waals surface area (Å²) >= 11 is 6.96. The van der Waals surface area contributed by atoms with Crippen molar-refractivity contribution in [3.63, 3.8) is 0 Å². The highest BCUT2D eigenvalue weighted by atomic mass is 35.5. The molecule has 0 unspecified atom stereocenters. The monoisotopic (exact) mass is 457 g/mol. The second-order valence-electron chi connectivity index (χ2n) is 6.38. The number of sulfonamides is 1. The van der Waals surface area contributed by atoms with Crippen LogP contribution >= 0.6 is 22.9 Å². The first-order valence-electron chi connectivity index (χ1n) is 8.59. The van der Waals surface area contributed by atoms with Crippen LogP contribution in [-0.2, 0) is 10.0 Å². The molecule has 5 rings (SSSR count). The molecule has 4 aromatic heterocycles. The van der Waals surface area contributed by atoms with Crippen LogP contribution in [0.25, 0.3) is 39.1 Å². The number of nitrogens with zero attached hydrogens (tertiary/aromatic N) is 4. The lowest BCUT2D eigenvalue weighted by molar-refractivity contribution is 0.431. The Balaban J connectivity index is 1.54. The third-order valence-electron chi connectivity index (χ3n) is 4.41. The van der Waals surface area contributed by atoms with Crippen LogP contribution in [0.3, 0.4) is 0 Å². The fourth-order valence-corrected chi connectivity index (χ4v) is 4.75. The minimum atomic E-state index is -3.78. The Morgan fingerprint density at radius 3 is 2.53 bits per heavy atom. The zero-order valence-electron chi connectivity index (χ0n) is 15.1. The van der Waals surface area contributed by atoms with Gasteiger partial charge in [-0.2, -0.15) is 4.98 Å². The van der Waals surface area contributed by atoms with Gasteiger partial charge in [-0.25, -0.2) is 18.5 Å². The Morgan fingerprint density at radius 1 is 1.03 bits per heavy atom. The Bertz CT molecular complexity index is 1490. The van der Waals surface area contributed by atoms with Crippen molar-refractivity contribution in [3.8, 4) is 33.4 Å². The molecular weight excluding hydrogens is 446 g/mol. The molecule has 4 heterocycles. The molecule has 1 aromatic carbocycles. The van der Waals surface area contributed by atoms with Crippen LogP contribution in [0.2, 0.25) is 5.02 Å². The molecule has 2 N–H and O–H groups in total. The van der Waals surface area contributed by atoms with Gasteiger partial charge in [0.25, 0.3) is 5.89 Å². The first-order chi connectivity index (χ1) is 14.4. The molecule has 0 aliphatic carbocycles. The summed E-state index contributed by atoms with van der Waals surface area (Å²) in [6.45, 7) is 0. The van der Waals surface area contributed by atoms with Crippen LogP contribution in [0, 0.1) is 0 Å². The highest BCUT2D eigenvalue weighted by Crippen LogP contribution is 2.31. The maximum atomic E-state index is 11.5. The van der Waals surface area contributed by atoms with Crippen LogP contribution < -0.4 is 5.14 Å². The Morgan fingerprint density at radius 2 is 1.80 bits per heavy atom. The first-order valence-corrected chi connectivity index (χ1v) is 11.3. The van der Waals surface area contributed by atoms with Crippen molar-refractivity contribution < 1.29 is 12.9 Å². The Hall–Kier alpha value is -3.05. The highest BCUT2D eigenvalue weighted by Gasteiger charge is 2.18. The topological polar surface area (TPSA) is 116 Å². The standard InChI is InChI=1S/C19H12ClN5O3S2/c20-13-4-1-11(2-5-13)12-3-7-16-22-9-14(25(16)10-12)19-23-18(24-28-19)15-6-8-17(29-15)30(21,26)27/h1-10H,(H2,21,26,27). The number of hydrogen-bond donors (Lipinski definition) is 1. The highest BCUT2D eigenvalue weighted by molar-refractivity contribution is 7.91. The van der Waals surface area contributed by atoms with E-state index < -0.39 is 10.0 Å². The predicted octanol–water partition coefficient (Wildman–Crippen LogP) is 4.08. The molecule has 5 aromatic rings. The predicted molar refractivity (Wildman–Crippen MR) is 114 cm³/mol. The van der Waals surface area contributed by atoms with E-state index in [2.05, 4.69) is 15.1 Å². The van der Waals surface area contributed by atoms with Gasteiger partial charge < -0.3 is 4.52 Å². The third kappa shape index (κ3) is 3.39. The van der Waals surface area contributed by atoms with E-state index in [-0.39, 0.29) is 15.9 Å². The summed E-state index contributed by atoms with van der Waals surface area (Å²) in [6.07, 6.45) is 3.57. The molecule has 0 radical (unpaired) electrons. The summed E-state index contributed by atoms with van der Waals surface area (Å²) in [6, 6.07) is 14.4. The quantitative estimate of drug-likeness (QED) is 0.434. The zero-order chi connectivity index (χ0) is 20.9. The number of rotatable bonds is 4. The molecule has 0 saturated heterocycles. The Labute approximate surface area is 179 Å². The molecule has 0 saturated carbocycles. The summed E-state index contributed by atoms with van der Waals surface area (Å²) in [5.74, 6) is 0.532. The summed E-state index contributed by atoms with van der Waals surface area (Å²) in [5.41, 5.74) is 3.30. The van der Waals surface area contributed by atoms with E-state index in [1.165, 1.54) is 6.07 Å². The van der Waals surface area contributed by atoms with Gasteiger partial charge in [0.15, 0.2) is 0 Å². The van der Waals surface area contributed by atoms with E-state index in [4.69, 9.17) is 21.3 Å². The Kier molecular flexibility index (Phi) is 4.44. The molecule has 11 heteroatoms. The molecule has 0 aliphatic heterocycles. The molecule has 150 valence electrons. The number of benzene rings is 1. The van der Waals surface area contributed by atoms with Crippen LogP contribution in [0.1, 0.15) is 0 Å². The van der Waals surface area contributed by atoms with E-state index >= 15 is 0 Å². The maximum absolute atomic E-state index is 11.5. The summed E-state index contributed by atoms with van der Waals surface area (Å²) in [4.78, 5) is 9.32. The SMILES string of the molecule is NS(=O)(=O)c1ccc(-c2noc(-c3cnc4ccc(-c5ccc(Cl)cc5)cn34)n2)s1. The lowest BCUT2D eigenvalue weighted by Gasteiger charge is -2.04. The minimum absolute atomic E-state index is 0.0336. The number of primary sulfonamides is 1. The van der Waals surface area contributed by atoms with Gasteiger partial charge in [0.05, 0.1) is 11.1 Å². The van der Waals surface area contributed by atoms with E-state index in [0.717, 1.165) is 28.1 Å². The number of fused-ring (bicyclic) bond motifs is 1. The van der Waals surface area contributed by atoms with Crippen molar-refractivity contribution in [3.05, 3.63) is 65.9 Å². The van der Waals surface area contributed by atoms with Gasteiger partial charge in [0.1, 0.15) is 15.6 Å². The van der Waals surface area contributed by atoms with Crippen molar-refractivity contribution in [2.45, 2.75) is 4.21 Å². The fourth-order valence-electron chi connectivity index (χ4n) is 2.97. The fraction of sp³-hybridized carbons (Fsp3) is 0. The van der Waals surface area contributed by atoms with Crippen molar-refractivity contribution in [1.29, 1.82) is 0 Å². The van der Waals surface area contributed by atoms with Crippen molar-refractivity contribution in [2.24, 2.45) is 5.14 Å². The van der Waals surface area contributed by atoms with E-state index in [0.29, 0.717) is 15.6 Å². The van der Waals surface area contributed by atoms with Gasteiger partial charge in [-0.1, -0.05) is 28.9 Å². The average Bonchev–Trinajstić information content (AvgIpc) is 3.45. The van der Waals surface area contributed by atoms with Crippen LogP contribution in [0.5, 0.6) is 0 Å². The van der Waals surface area contributed by atoms with Crippen molar-refractivity contribution >= 4 is 38.6 Å². The van der Waals surface area contributed by atoms with Gasteiger partial charge in [-0.05, 0) is 47.5 Å². The summed E-state index contributed by atoms with van der Waals surface area (Å²) in [7, 11) is -3.78. The second-order valence-corrected chi connectivity index (χ2v) is 9.69. The molecular formula is C19H12ClN5O3S2. The molecule has 0 amide bonds. The molecule has 0 fully saturated rings. The van der Waals surface area contributed by atoms with Gasteiger partial charge in [0, 0.05) is 11.2 Å². The lowest BCUT2D eigenvalue weighted by atomic mass is 10.1. The van der Waals surface area contributed by atoms with E-state index in [9.17, 15) is 8.42 Å². The minimum Gasteiger partial charge on any atom is -0.332 e. The summed E-state index contributed by atoms with van der Waals surface area (Å²) < 4.78 is 30.3. The first kappa shape index (κ1) is 18.9. The van der Waals surface area contributed by atoms with Gasteiger partial charge >= 0.3 is 0 Å². The molecule has 0 atom stereocenters. The third-order valence-corrected chi connectivity index (χ3v) is 7.18. The molecule has 8 nitrogen and oxygen atoms in total. The number of imidazole rings is 1. The smallest absolute Gasteiger partial charge is 0.276 e. The van der Waals surface area contributed by atoms with Crippen LogP contribution in [-0.4, -0.2) is 27.9 Å². The van der Waals surface area contributed by atoms with Gasteiger partial charge in [0.2, 0.25) is 15.8 Å². The van der Waals surface area contributed by atoms with E-state index in [1.54, 1.807) is 12.3 Å². The van der Waals surface area contributed by atoms with Crippen LogP contribution in [0.15, 0.2) is 69.7 Å². The number of aromatic nitrogens is 4. The number of nitrogens with two attached hydrogens (primary N) is 1. The maximum Gasteiger partial charge on any atom is 0.276 e. The lowest BCUT2D eigenvalue weighted by Crippen LogP contribution is -2.09. The normalized spacial score (nSPS) is 11.9. The van der Waals surface area contributed by atoms with Crippen molar-refractivity contribution in [1.82, 2.24) is 19.5 Å². The van der Waals surface area contributed by atoms with Gasteiger partial charge in [-0.3, -0.25) is 4.40 Å². The number of pyridine rings is 1. The summed E-state index contributed by atoms with van der Waals surface area (Å²) in [5, 5.41) is 9.80. The zero-order valence-corrected chi connectivity index (χ0v) is 17.4. The van der Waals surface area contributed by atoms with Gasteiger partial charge in [-0.15, -0.1) is 11.3 Å². The molecule has 30 heavy (non-hydrogen) atoms.